The molecule has 0 aliphatic heterocycles. The van der Waals surface area contributed by atoms with E-state index in [1.54, 1.807) is 5.56 Å². The summed E-state index contributed by atoms with van der Waals surface area (Å²) in [4.78, 5) is 0. The first-order valence-electron chi connectivity index (χ1n) is 9.40. The van der Waals surface area contributed by atoms with Crippen LogP contribution >= 0.6 is 0 Å². The first-order chi connectivity index (χ1) is 10.6. The molecular formula is C22H36. The quantitative estimate of drug-likeness (QED) is 0.510. The maximum Gasteiger partial charge on any atom is -0.00899 e. The minimum Gasteiger partial charge on any atom is -0.0799 e. The van der Waals surface area contributed by atoms with E-state index >= 15 is 0 Å². The molecule has 3 rings (SSSR count). The largest absolute Gasteiger partial charge is 0.0799 e. The molecule has 0 heterocycles. The molecule has 0 spiro atoms. The van der Waals surface area contributed by atoms with Gasteiger partial charge < -0.3 is 0 Å². The predicted octanol–water partition coefficient (Wildman–Crippen LogP) is 7.31. The fourth-order valence-corrected chi connectivity index (χ4v) is 4.38. The van der Waals surface area contributed by atoms with Crippen molar-refractivity contribution in [2.75, 3.05) is 0 Å². The van der Waals surface area contributed by atoms with Crippen LogP contribution in [0, 0.1) is 17.3 Å². The van der Waals surface area contributed by atoms with E-state index in [0.29, 0.717) is 5.41 Å². The van der Waals surface area contributed by atoms with Crippen LogP contribution in [0.25, 0.3) is 6.08 Å². The van der Waals surface area contributed by atoms with Crippen molar-refractivity contribution < 1.29 is 0 Å². The Labute approximate surface area is 139 Å². The summed E-state index contributed by atoms with van der Waals surface area (Å²) in [7, 11) is 0. The molecule has 0 heteroatoms. The van der Waals surface area contributed by atoms with Crippen LogP contribution in [0.1, 0.15) is 84.8 Å². The van der Waals surface area contributed by atoms with Crippen molar-refractivity contribution in [1.29, 1.82) is 0 Å². The second-order valence-electron chi connectivity index (χ2n) is 6.71. The van der Waals surface area contributed by atoms with Gasteiger partial charge in [-0.15, -0.1) is 0 Å². The van der Waals surface area contributed by atoms with Crippen molar-refractivity contribution in [2.45, 2.75) is 73.6 Å². The second kappa shape index (κ2) is 8.56. The molecule has 2 aliphatic carbocycles. The van der Waals surface area contributed by atoms with E-state index in [4.69, 9.17) is 0 Å². The zero-order chi connectivity index (χ0) is 16.8. The molecule has 1 aromatic rings. The summed E-state index contributed by atoms with van der Waals surface area (Å²) in [6.45, 7) is 15.3. The topological polar surface area (TPSA) is 0 Å². The summed E-state index contributed by atoms with van der Waals surface area (Å²) < 4.78 is 0. The second-order valence-corrected chi connectivity index (χ2v) is 6.71. The fraction of sp³-hybridized carbons (Fsp3) is 0.636. The van der Waals surface area contributed by atoms with Crippen molar-refractivity contribution in [3.05, 3.63) is 41.5 Å². The van der Waals surface area contributed by atoms with Crippen molar-refractivity contribution in [3.63, 3.8) is 0 Å². The number of rotatable bonds is 1. The Morgan fingerprint density at radius 2 is 1.68 bits per heavy atom. The maximum absolute atomic E-state index is 2.50. The molecular weight excluding hydrogens is 264 g/mol. The monoisotopic (exact) mass is 300 g/mol. The molecule has 0 N–H and O–H groups in total. The summed E-state index contributed by atoms with van der Waals surface area (Å²) in [6, 6.07) is 8.98. The Kier molecular flexibility index (Phi) is 7.39. The average Bonchev–Trinajstić information content (AvgIpc) is 2.57. The molecule has 2 aliphatic rings. The Hall–Kier alpha value is -1.04. The van der Waals surface area contributed by atoms with Gasteiger partial charge in [0.05, 0.1) is 0 Å². The number of allylic oxidation sites excluding steroid dienone is 1. The molecule has 1 saturated carbocycles. The molecule has 0 bridgehead atoms. The number of hydrogen-bond acceptors (Lipinski definition) is 0. The van der Waals surface area contributed by atoms with Gasteiger partial charge in [0.1, 0.15) is 0 Å². The molecule has 1 fully saturated rings. The molecule has 3 atom stereocenters. The zero-order valence-corrected chi connectivity index (χ0v) is 15.8. The smallest absolute Gasteiger partial charge is 0.00899 e. The highest BCUT2D eigenvalue weighted by molar-refractivity contribution is 5.58. The van der Waals surface area contributed by atoms with Gasteiger partial charge in [-0.25, -0.2) is 0 Å². The van der Waals surface area contributed by atoms with Crippen LogP contribution in [0.15, 0.2) is 30.3 Å². The zero-order valence-electron chi connectivity index (χ0n) is 15.8. The minimum atomic E-state index is 0.506. The van der Waals surface area contributed by atoms with Gasteiger partial charge in [-0.3, -0.25) is 0 Å². The first-order valence-corrected chi connectivity index (χ1v) is 9.40. The van der Waals surface area contributed by atoms with Gasteiger partial charge in [-0.1, -0.05) is 91.3 Å². The molecule has 0 aromatic heterocycles. The Morgan fingerprint density at radius 1 is 1.05 bits per heavy atom. The van der Waals surface area contributed by atoms with Gasteiger partial charge in [-0.05, 0) is 47.1 Å². The molecule has 1 aromatic carbocycles. The van der Waals surface area contributed by atoms with Crippen LogP contribution in [-0.4, -0.2) is 0 Å². The van der Waals surface area contributed by atoms with Crippen molar-refractivity contribution in [3.8, 4) is 0 Å². The lowest BCUT2D eigenvalue weighted by Crippen LogP contribution is -2.38. The molecule has 0 unspecified atom stereocenters. The lowest BCUT2D eigenvalue weighted by Gasteiger charge is -2.48. The van der Waals surface area contributed by atoms with E-state index < -0.39 is 0 Å². The number of benzene rings is 1. The summed E-state index contributed by atoms with van der Waals surface area (Å²) in [5, 5.41) is 0. The van der Waals surface area contributed by atoms with Crippen LogP contribution in [0.3, 0.4) is 0 Å². The highest BCUT2D eigenvalue weighted by Gasteiger charge is 2.43. The van der Waals surface area contributed by atoms with Crippen LogP contribution < -0.4 is 0 Å². The van der Waals surface area contributed by atoms with Gasteiger partial charge in [0.25, 0.3) is 0 Å². The molecule has 124 valence electrons. The van der Waals surface area contributed by atoms with Crippen LogP contribution in [0.5, 0.6) is 0 Å². The van der Waals surface area contributed by atoms with Crippen molar-refractivity contribution in [2.24, 2.45) is 17.3 Å². The van der Waals surface area contributed by atoms with Gasteiger partial charge in [-0.2, -0.15) is 0 Å². The van der Waals surface area contributed by atoms with E-state index in [9.17, 15) is 0 Å². The summed E-state index contributed by atoms with van der Waals surface area (Å²) in [5.74, 6) is 2.36. The third-order valence-corrected chi connectivity index (χ3v) is 5.37. The highest BCUT2D eigenvalue weighted by atomic mass is 14.5. The summed E-state index contributed by atoms with van der Waals surface area (Å²) in [5.41, 5.74) is 3.55. The van der Waals surface area contributed by atoms with E-state index in [0.717, 1.165) is 17.8 Å². The maximum atomic E-state index is 2.50. The third kappa shape index (κ3) is 3.65. The van der Waals surface area contributed by atoms with Gasteiger partial charge >= 0.3 is 0 Å². The van der Waals surface area contributed by atoms with Gasteiger partial charge in [0.15, 0.2) is 0 Å². The minimum absolute atomic E-state index is 0.506. The lowest BCUT2D eigenvalue weighted by atomic mass is 9.56. The van der Waals surface area contributed by atoms with Gasteiger partial charge in [0.2, 0.25) is 0 Å². The molecule has 0 radical (unpaired) electrons. The highest BCUT2D eigenvalue weighted by Crippen LogP contribution is 2.54. The molecule has 0 amide bonds. The average molecular weight is 301 g/mol. The van der Waals surface area contributed by atoms with Gasteiger partial charge in [0, 0.05) is 0 Å². The van der Waals surface area contributed by atoms with Crippen LogP contribution in [0.2, 0.25) is 0 Å². The summed E-state index contributed by atoms with van der Waals surface area (Å²) in [6.07, 6.45) is 8.90. The Bertz CT molecular complexity index is 467. The van der Waals surface area contributed by atoms with E-state index in [1.165, 1.54) is 24.8 Å². The Balaban J connectivity index is 0.000000561. The van der Waals surface area contributed by atoms with E-state index in [-0.39, 0.29) is 0 Å². The third-order valence-electron chi connectivity index (χ3n) is 5.37. The van der Waals surface area contributed by atoms with Crippen molar-refractivity contribution in [1.82, 2.24) is 0 Å². The first kappa shape index (κ1) is 19.0. The SMILES string of the molecule is CC.CC.CC[C@H]1[C@@H]2C=Cc3ccccc3[C@H]2CCC1(C)C. The summed E-state index contributed by atoms with van der Waals surface area (Å²) >= 11 is 0. The normalized spacial score (nSPS) is 27.3. The predicted molar refractivity (Wildman–Crippen MR) is 101 cm³/mol. The number of hydrogen-bond donors (Lipinski definition) is 0. The molecule has 22 heavy (non-hydrogen) atoms. The van der Waals surface area contributed by atoms with Crippen LogP contribution in [-0.2, 0) is 0 Å². The Morgan fingerprint density at radius 3 is 2.32 bits per heavy atom. The standard InChI is InChI=1S/C18H24.2C2H6/c1-4-17-16-10-9-13-7-5-6-8-14(13)15(16)11-12-18(17,2)3;2*1-2/h5-10,15-17H,4,11-12H2,1-3H3;2*1-2H3/t15-,16-,17+;;/m1../s1. The van der Waals surface area contributed by atoms with Crippen molar-refractivity contribution >= 4 is 6.08 Å². The van der Waals surface area contributed by atoms with E-state index in [2.05, 4.69) is 57.2 Å². The lowest BCUT2D eigenvalue weighted by molar-refractivity contribution is 0.0770. The fourth-order valence-electron chi connectivity index (χ4n) is 4.38. The molecule has 0 nitrogen and oxygen atoms in total. The van der Waals surface area contributed by atoms with E-state index in [1.807, 2.05) is 27.7 Å². The van der Waals surface area contributed by atoms with Crippen LogP contribution in [0.4, 0.5) is 0 Å². The molecule has 0 saturated heterocycles. The number of fused-ring (bicyclic) bond motifs is 3.